The van der Waals surface area contributed by atoms with E-state index in [1.807, 2.05) is 23.0 Å². The maximum atomic E-state index is 4.83. The molecule has 0 amide bonds. The van der Waals surface area contributed by atoms with Gasteiger partial charge in [-0.15, -0.1) is 10.2 Å². The smallest absolute Gasteiger partial charge is 0.177 e. The van der Waals surface area contributed by atoms with Gasteiger partial charge in [0.2, 0.25) is 0 Å². The van der Waals surface area contributed by atoms with E-state index in [0.29, 0.717) is 5.92 Å². The Morgan fingerprint density at radius 1 is 0.960 bits per heavy atom. The van der Waals surface area contributed by atoms with Gasteiger partial charge >= 0.3 is 0 Å². The Bertz CT molecular complexity index is 857. The zero-order valence-corrected chi connectivity index (χ0v) is 15.1. The minimum absolute atomic E-state index is 0.0143. The van der Waals surface area contributed by atoms with Crippen molar-refractivity contribution in [1.82, 2.24) is 24.8 Å². The molecule has 4 rings (SSSR count). The van der Waals surface area contributed by atoms with Crippen molar-refractivity contribution in [3.63, 3.8) is 0 Å². The highest BCUT2D eigenvalue weighted by Crippen LogP contribution is 2.30. The number of nitrogens with zero attached hydrogens (tertiary/aromatic N) is 6. The average Bonchev–Trinajstić information content (AvgIpc) is 3.05. The molecule has 0 unspecified atom stereocenters. The summed E-state index contributed by atoms with van der Waals surface area (Å²) in [5.74, 6) is 1.39. The molecule has 1 aliphatic heterocycles. The van der Waals surface area contributed by atoms with Crippen LogP contribution in [0.4, 0.5) is 5.69 Å². The van der Waals surface area contributed by atoms with E-state index in [9.17, 15) is 0 Å². The predicted molar refractivity (Wildman–Crippen MR) is 97.9 cm³/mol. The Balaban J connectivity index is 1.57. The van der Waals surface area contributed by atoms with Crippen LogP contribution in [0, 0.1) is 0 Å². The molecule has 1 saturated heterocycles. The second kappa shape index (κ2) is 6.10. The quantitative estimate of drug-likeness (QED) is 0.719. The van der Waals surface area contributed by atoms with Crippen molar-refractivity contribution in [2.75, 3.05) is 18.0 Å². The Labute approximate surface area is 147 Å². The normalized spacial score (nSPS) is 16.5. The summed E-state index contributed by atoms with van der Waals surface area (Å²) in [4.78, 5) is 6.51. The molecule has 0 bridgehead atoms. The van der Waals surface area contributed by atoms with E-state index in [1.165, 1.54) is 5.69 Å². The molecule has 6 nitrogen and oxygen atoms in total. The van der Waals surface area contributed by atoms with Gasteiger partial charge in [-0.05, 0) is 37.1 Å². The third kappa shape index (κ3) is 3.08. The molecule has 0 spiro atoms. The molecule has 3 aromatic heterocycles. The van der Waals surface area contributed by atoms with E-state index in [1.54, 1.807) is 0 Å². The lowest BCUT2D eigenvalue weighted by Crippen LogP contribution is -2.33. The first-order chi connectivity index (χ1) is 12.0. The fourth-order valence-corrected chi connectivity index (χ4v) is 3.41. The van der Waals surface area contributed by atoms with E-state index < -0.39 is 0 Å². The fourth-order valence-electron chi connectivity index (χ4n) is 3.41. The maximum absolute atomic E-state index is 4.83. The van der Waals surface area contributed by atoms with Crippen LogP contribution in [0.2, 0.25) is 0 Å². The molecule has 0 saturated carbocycles. The molecule has 0 atom stereocenters. The molecule has 6 heteroatoms. The Hall–Kier alpha value is -2.50. The standard InChI is InChI=1S/C19H24N6/c1-19(2,3)16-4-5-17-21-22-18(25(17)23-16)14-8-12-24(13-9-14)15-6-10-20-11-7-15/h4-7,10-11,14H,8-9,12-13H2,1-3H3. The molecule has 0 aromatic carbocycles. The number of fused-ring (bicyclic) bond motifs is 1. The molecular formula is C19H24N6. The first-order valence-electron chi connectivity index (χ1n) is 8.90. The second-order valence-electron chi connectivity index (χ2n) is 7.76. The van der Waals surface area contributed by atoms with Crippen molar-refractivity contribution in [2.45, 2.75) is 44.9 Å². The molecule has 4 heterocycles. The Morgan fingerprint density at radius 2 is 1.68 bits per heavy atom. The second-order valence-corrected chi connectivity index (χ2v) is 7.76. The number of piperidine rings is 1. The maximum Gasteiger partial charge on any atom is 0.177 e. The summed E-state index contributed by atoms with van der Waals surface area (Å²) >= 11 is 0. The van der Waals surface area contributed by atoms with Gasteiger partial charge in [0.05, 0.1) is 5.69 Å². The van der Waals surface area contributed by atoms with E-state index in [0.717, 1.165) is 43.1 Å². The van der Waals surface area contributed by atoms with Gasteiger partial charge in [0.15, 0.2) is 11.5 Å². The van der Waals surface area contributed by atoms with Crippen molar-refractivity contribution >= 4 is 11.3 Å². The lowest BCUT2D eigenvalue weighted by molar-refractivity contribution is 0.472. The SMILES string of the molecule is CC(C)(C)c1ccc2nnc(C3CCN(c4ccncc4)CC3)n2n1. The monoisotopic (exact) mass is 336 g/mol. The molecule has 1 fully saturated rings. The fraction of sp³-hybridized carbons (Fsp3) is 0.474. The van der Waals surface area contributed by atoms with Gasteiger partial charge in [-0.3, -0.25) is 4.98 Å². The topological polar surface area (TPSA) is 59.2 Å². The van der Waals surface area contributed by atoms with Gasteiger partial charge in [-0.2, -0.15) is 9.61 Å². The van der Waals surface area contributed by atoms with Crippen LogP contribution < -0.4 is 4.90 Å². The van der Waals surface area contributed by atoms with Gasteiger partial charge in [0.25, 0.3) is 0 Å². The van der Waals surface area contributed by atoms with Crippen LogP contribution in [0.1, 0.15) is 51.0 Å². The highest BCUT2D eigenvalue weighted by Gasteiger charge is 2.26. The molecule has 3 aromatic rings. The first-order valence-corrected chi connectivity index (χ1v) is 8.90. The van der Waals surface area contributed by atoms with Crippen LogP contribution in [0.3, 0.4) is 0 Å². The summed E-state index contributed by atoms with van der Waals surface area (Å²) in [6, 6.07) is 8.23. The van der Waals surface area contributed by atoms with Crippen LogP contribution >= 0.6 is 0 Å². The van der Waals surface area contributed by atoms with E-state index >= 15 is 0 Å². The van der Waals surface area contributed by atoms with E-state index in [4.69, 9.17) is 5.10 Å². The zero-order valence-electron chi connectivity index (χ0n) is 15.1. The van der Waals surface area contributed by atoms with Crippen LogP contribution in [0.25, 0.3) is 5.65 Å². The molecule has 0 N–H and O–H groups in total. The number of hydrogen-bond acceptors (Lipinski definition) is 5. The van der Waals surface area contributed by atoms with Gasteiger partial charge in [0, 0.05) is 42.5 Å². The summed E-state index contributed by atoms with van der Waals surface area (Å²) in [6.07, 6.45) is 5.83. The lowest BCUT2D eigenvalue weighted by Gasteiger charge is -2.32. The van der Waals surface area contributed by atoms with Crippen molar-refractivity contribution in [3.05, 3.63) is 48.2 Å². The minimum Gasteiger partial charge on any atom is -0.371 e. The number of hydrogen-bond donors (Lipinski definition) is 0. The molecule has 25 heavy (non-hydrogen) atoms. The van der Waals surface area contributed by atoms with Crippen LogP contribution in [-0.4, -0.2) is 37.9 Å². The summed E-state index contributed by atoms with van der Waals surface area (Å²) in [7, 11) is 0. The summed E-state index contributed by atoms with van der Waals surface area (Å²) in [6.45, 7) is 8.57. The Kier molecular flexibility index (Phi) is 3.90. The third-order valence-corrected chi connectivity index (χ3v) is 4.94. The first kappa shape index (κ1) is 16.0. The predicted octanol–water partition coefficient (Wildman–Crippen LogP) is 3.20. The van der Waals surface area contributed by atoms with E-state index in [2.05, 4.69) is 59.1 Å². The average molecular weight is 336 g/mol. The minimum atomic E-state index is 0.0143. The highest BCUT2D eigenvalue weighted by atomic mass is 15.4. The number of pyridine rings is 1. The summed E-state index contributed by atoms with van der Waals surface area (Å²) in [5.41, 5.74) is 3.16. The molecule has 0 aliphatic carbocycles. The summed E-state index contributed by atoms with van der Waals surface area (Å²) in [5, 5.41) is 13.6. The molecule has 130 valence electrons. The molecular weight excluding hydrogens is 312 g/mol. The lowest BCUT2D eigenvalue weighted by atomic mass is 9.92. The van der Waals surface area contributed by atoms with Crippen molar-refractivity contribution in [3.8, 4) is 0 Å². The molecule has 0 radical (unpaired) electrons. The van der Waals surface area contributed by atoms with E-state index in [-0.39, 0.29) is 5.41 Å². The zero-order chi connectivity index (χ0) is 17.4. The van der Waals surface area contributed by atoms with Crippen molar-refractivity contribution in [2.24, 2.45) is 0 Å². The highest BCUT2D eigenvalue weighted by molar-refractivity contribution is 5.45. The number of anilines is 1. The van der Waals surface area contributed by atoms with Crippen LogP contribution in [-0.2, 0) is 5.41 Å². The Morgan fingerprint density at radius 3 is 2.36 bits per heavy atom. The molecule has 1 aliphatic rings. The van der Waals surface area contributed by atoms with Gasteiger partial charge in [-0.1, -0.05) is 20.8 Å². The summed E-state index contributed by atoms with van der Waals surface area (Å²) < 4.78 is 1.95. The third-order valence-electron chi connectivity index (χ3n) is 4.94. The van der Waals surface area contributed by atoms with Crippen LogP contribution in [0.15, 0.2) is 36.7 Å². The van der Waals surface area contributed by atoms with Crippen molar-refractivity contribution in [1.29, 1.82) is 0 Å². The largest absolute Gasteiger partial charge is 0.371 e. The number of aromatic nitrogens is 5. The van der Waals surface area contributed by atoms with Gasteiger partial charge in [0.1, 0.15) is 0 Å². The van der Waals surface area contributed by atoms with Crippen molar-refractivity contribution < 1.29 is 0 Å². The van der Waals surface area contributed by atoms with Gasteiger partial charge in [-0.25, -0.2) is 0 Å². The number of rotatable bonds is 2. The van der Waals surface area contributed by atoms with Gasteiger partial charge < -0.3 is 4.90 Å². The van der Waals surface area contributed by atoms with Crippen LogP contribution in [0.5, 0.6) is 0 Å².